The topological polar surface area (TPSA) is 53.3 Å². The Morgan fingerprint density at radius 2 is 2.20 bits per heavy atom. The van der Waals surface area contributed by atoms with Crippen LogP contribution in [-0.2, 0) is 4.79 Å². The standard InChI is InChI=1S/C16H16N2O2/c1-16(2)9-13(18-7-3-4-15(18)19)12-8-11(10-17)5-6-14(12)20-16/h5-6,8-9H,3-4,7H2,1-2H3. The highest BCUT2D eigenvalue weighted by Crippen LogP contribution is 2.39. The molecule has 0 aliphatic carbocycles. The number of carbonyl (C=O) groups is 1. The van der Waals surface area contributed by atoms with E-state index in [2.05, 4.69) is 6.07 Å². The summed E-state index contributed by atoms with van der Waals surface area (Å²) in [5.41, 5.74) is 1.82. The van der Waals surface area contributed by atoms with Crippen molar-refractivity contribution in [2.45, 2.75) is 32.3 Å². The SMILES string of the molecule is CC1(C)C=C(N2CCCC2=O)c2cc(C#N)ccc2O1. The lowest BCUT2D eigenvalue weighted by Gasteiger charge is -2.34. The first kappa shape index (κ1) is 12.7. The highest BCUT2D eigenvalue weighted by molar-refractivity contribution is 5.90. The molecule has 1 saturated heterocycles. The summed E-state index contributed by atoms with van der Waals surface area (Å²) in [4.78, 5) is 13.8. The van der Waals surface area contributed by atoms with Gasteiger partial charge >= 0.3 is 0 Å². The van der Waals surface area contributed by atoms with E-state index in [4.69, 9.17) is 10.00 Å². The molecule has 1 aromatic rings. The van der Waals surface area contributed by atoms with Gasteiger partial charge in [-0.1, -0.05) is 0 Å². The number of rotatable bonds is 1. The molecule has 102 valence electrons. The van der Waals surface area contributed by atoms with Gasteiger partial charge in [0.2, 0.25) is 5.91 Å². The Kier molecular flexibility index (Phi) is 2.79. The Balaban J connectivity index is 2.14. The lowest BCUT2D eigenvalue weighted by atomic mass is 9.97. The average Bonchev–Trinajstić information content (AvgIpc) is 2.82. The molecule has 20 heavy (non-hydrogen) atoms. The first-order valence-corrected chi connectivity index (χ1v) is 6.77. The van der Waals surface area contributed by atoms with Gasteiger partial charge in [-0.15, -0.1) is 0 Å². The third-order valence-corrected chi connectivity index (χ3v) is 3.61. The van der Waals surface area contributed by atoms with E-state index in [-0.39, 0.29) is 5.91 Å². The number of amides is 1. The van der Waals surface area contributed by atoms with E-state index in [0.29, 0.717) is 12.0 Å². The van der Waals surface area contributed by atoms with Crippen LogP contribution in [-0.4, -0.2) is 23.0 Å². The second kappa shape index (κ2) is 4.38. The van der Waals surface area contributed by atoms with E-state index in [9.17, 15) is 4.79 Å². The molecule has 0 aromatic heterocycles. The highest BCUT2D eigenvalue weighted by atomic mass is 16.5. The van der Waals surface area contributed by atoms with Crippen molar-refractivity contribution in [1.29, 1.82) is 5.26 Å². The number of fused-ring (bicyclic) bond motifs is 1. The molecular weight excluding hydrogens is 252 g/mol. The van der Waals surface area contributed by atoms with Crippen LogP contribution in [0.5, 0.6) is 5.75 Å². The monoisotopic (exact) mass is 268 g/mol. The van der Waals surface area contributed by atoms with Gasteiger partial charge in [0.25, 0.3) is 0 Å². The molecular formula is C16H16N2O2. The fraction of sp³-hybridized carbons (Fsp3) is 0.375. The predicted octanol–water partition coefficient (Wildman–Crippen LogP) is 2.69. The Morgan fingerprint density at radius 1 is 1.40 bits per heavy atom. The Labute approximate surface area is 118 Å². The molecule has 2 heterocycles. The molecule has 1 amide bonds. The number of hydrogen-bond acceptors (Lipinski definition) is 3. The molecule has 0 bridgehead atoms. The molecule has 3 rings (SSSR count). The van der Waals surface area contributed by atoms with E-state index >= 15 is 0 Å². The zero-order valence-corrected chi connectivity index (χ0v) is 11.6. The van der Waals surface area contributed by atoms with Gasteiger partial charge in [-0.2, -0.15) is 5.26 Å². The number of nitriles is 1. The normalized spacial score (nSPS) is 19.9. The fourth-order valence-electron chi connectivity index (χ4n) is 2.73. The quantitative estimate of drug-likeness (QED) is 0.787. The van der Waals surface area contributed by atoms with Crippen LogP contribution in [0.15, 0.2) is 24.3 Å². The number of nitrogens with zero attached hydrogens (tertiary/aromatic N) is 2. The van der Waals surface area contributed by atoms with Crippen LogP contribution in [0.4, 0.5) is 0 Å². The Morgan fingerprint density at radius 3 is 2.85 bits per heavy atom. The minimum absolute atomic E-state index is 0.141. The van der Waals surface area contributed by atoms with Crippen molar-refractivity contribution < 1.29 is 9.53 Å². The molecule has 2 aliphatic rings. The summed E-state index contributed by atoms with van der Waals surface area (Å²) in [5.74, 6) is 0.869. The van der Waals surface area contributed by atoms with Crippen molar-refractivity contribution in [3.8, 4) is 11.8 Å². The number of likely N-dealkylation sites (tertiary alicyclic amines) is 1. The van der Waals surface area contributed by atoms with Crippen molar-refractivity contribution in [3.05, 3.63) is 35.4 Å². The maximum atomic E-state index is 12.0. The van der Waals surface area contributed by atoms with Crippen molar-refractivity contribution in [2.75, 3.05) is 6.54 Å². The van der Waals surface area contributed by atoms with Crippen molar-refractivity contribution >= 4 is 11.6 Å². The summed E-state index contributed by atoms with van der Waals surface area (Å²) in [6.45, 7) is 4.67. The zero-order chi connectivity index (χ0) is 14.3. The smallest absolute Gasteiger partial charge is 0.227 e. The third kappa shape index (κ3) is 2.05. The van der Waals surface area contributed by atoms with Crippen LogP contribution in [0, 0.1) is 11.3 Å². The number of hydrogen-bond donors (Lipinski definition) is 0. The highest BCUT2D eigenvalue weighted by Gasteiger charge is 2.33. The molecule has 1 fully saturated rings. The molecule has 0 spiro atoms. The van der Waals surface area contributed by atoms with Crippen LogP contribution < -0.4 is 4.74 Å². The maximum absolute atomic E-state index is 12.0. The van der Waals surface area contributed by atoms with Gasteiger partial charge in [0.1, 0.15) is 11.4 Å². The van der Waals surface area contributed by atoms with E-state index in [1.165, 1.54) is 0 Å². The van der Waals surface area contributed by atoms with Crippen molar-refractivity contribution in [1.82, 2.24) is 4.90 Å². The Bertz CT molecular complexity index is 653. The third-order valence-electron chi connectivity index (χ3n) is 3.61. The Hall–Kier alpha value is -2.28. The van der Waals surface area contributed by atoms with E-state index in [0.717, 1.165) is 30.0 Å². The molecule has 0 unspecified atom stereocenters. The molecule has 0 radical (unpaired) electrons. The lowest BCUT2D eigenvalue weighted by Crippen LogP contribution is -2.34. The van der Waals surface area contributed by atoms with Gasteiger partial charge in [-0.3, -0.25) is 4.79 Å². The van der Waals surface area contributed by atoms with E-state index < -0.39 is 5.60 Å². The lowest BCUT2D eigenvalue weighted by molar-refractivity contribution is -0.124. The summed E-state index contributed by atoms with van der Waals surface area (Å²) in [5, 5.41) is 9.05. The van der Waals surface area contributed by atoms with Gasteiger partial charge < -0.3 is 9.64 Å². The van der Waals surface area contributed by atoms with Gasteiger partial charge in [0, 0.05) is 18.5 Å². The van der Waals surface area contributed by atoms with Crippen LogP contribution >= 0.6 is 0 Å². The molecule has 0 atom stereocenters. The van der Waals surface area contributed by atoms with Gasteiger partial charge in [-0.05, 0) is 44.5 Å². The van der Waals surface area contributed by atoms with Crippen LogP contribution in [0.3, 0.4) is 0 Å². The van der Waals surface area contributed by atoms with Crippen molar-refractivity contribution in [2.24, 2.45) is 0 Å². The van der Waals surface area contributed by atoms with Gasteiger partial charge in [0.15, 0.2) is 0 Å². The van der Waals surface area contributed by atoms with Gasteiger partial charge in [0.05, 0.1) is 17.3 Å². The molecule has 1 aromatic carbocycles. The first-order valence-electron chi connectivity index (χ1n) is 6.77. The van der Waals surface area contributed by atoms with Crippen LogP contribution in [0.2, 0.25) is 0 Å². The fourth-order valence-corrected chi connectivity index (χ4v) is 2.73. The number of ether oxygens (including phenoxy) is 1. The zero-order valence-electron chi connectivity index (χ0n) is 11.6. The minimum atomic E-state index is -0.459. The second-order valence-corrected chi connectivity index (χ2v) is 5.71. The summed E-state index contributed by atoms with van der Waals surface area (Å²) >= 11 is 0. The second-order valence-electron chi connectivity index (χ2n) is 5.71. The summed E-state index contributed by atoms with van der Waals surface area (Å²) in [7, 11) is 0. The summed E-state index contributed by atoms with van der Waals surface area (Å²) in [6, 6.07) is 7.48. The number of benzene rings is 1. The molecule has 4 nitrogen and oxygen atoms in total. The van der Waals surface area contributed by atoms with Crippen LogP contribution in [0.1, 0.15) is 37.8 Å². The first-order chi connectivity index (χ1) is 9.50. The largest absolute Gasteiger partial charge is 0.483 e. The van der Waals surface area contributed by atoms with Crippen LogP contribution in [0.25, 0.3) is 5.70 Å². The van der Waals surface area contributed by atoms with E-state index in [1.54, 1.807) is 12.1 Å². The average molecular weight is 268 g/mol. The molecule has 0 saturated carbocycles. The molecule has 2 aliphatic heterocycles. The maximum Gasteiger partial charge on any atom is 0.227 e. The van der Waals surface area contributed by atoms with Crippen molar-refractivity contribution in [3.63, 3.8) is 0 Å². The molecule has 4 heteroatoms. The minimum Gasteiger partial charge on any atom is -0.483 e. The van der Waals surface area contributed by atoms with Gasteiger partial charge in [-0.25, -0.2) is 0 Å². The summed E-state index contributed by atoms with van der Waals surface area (Å²) in [6.07, 6.45) is 3.44. The summed E-state index contributed by atoms with van der Waals surface area (Å²) < 4.78 is 5.92. The molecule has 0 N–H and O–H groups in total. The predicted molar refractivity (Wildman–Crippen MR) is 74.8 cm³/mol. The van der Waals surface area contributed by atoms with E-state index in [1.807, 2.05) is 30.9 Å². The number of carbonyl (C=O) groups excluding carboxylic acids is 1.